The van der Waals surface area contributed by atoms with Crippen molar-refractivity contribution >= 4 is 23.6 Å². The molecule has 0 rings (SSSR count). The molecule has 208 valence electrons. The summed E-state index contributed by atoms with van der Waals surface area (Å²) >= 11 is 0. The summed E-state index contributed by atoms with van der Waals surface area (Å²) in [6, 6.07) is 0. The van der Waals surface area contributed by atoms with Crippen molar-refractivity contribution in [2.75, 3.05) is 79.0 Å². The molecule has 0 aromatic carbocycles. The van der Waals surface area contributed by atoms with Crippen LogP contribution in [0.5, 0.6) is 0 Å². The lowest BCUT2D eigenvalue weighted by Gasteiger charge is -2.33. The molecule has 4 N–H and O–H groups in total. The Morgan fingerprint density at radius 3 is 0.892 bits per heavy atom. The fourth-order valence-electron chi connectivity index (χ4n) is 2.68. The van der Waals surface area contributed by atoms with E-state index >= 15 is 0 Å². The molecule has 0 unspecified atom stereocenters. The van der Waals surface area contributed by atoms with Crippen molar-refractivity contribution in [3.63, 3.8) is 0 Å². The first-order chi connectivity index (χ1) is 17.8. The number of carbonyl (C=O) groups excluding carboxylic acids is 4. The lowest BCUT2D eigenvalue weighted by molar-refractivity contribution is -0.118. The number of amides is 4. The first kappa shape index (κ1) is 33.7. The second kappa shape index (κ2) is 21.9. The summed E-state index contributed by atoms with van der Waals surface area (Å²) in [5.41, 5.74) is -0.768. The van der Waals surface area contributed by atoms with Crippen LogP contribution in [0.25, 0.3) is 0 Å². The summed E-state index contributed by atoms with van der Waals surface area (Å²) in [4.78, 5) is 45.3. The molecule has 0 bridgehead atoms. The number of ether oxygens (including phenoxy) is 4. The van der Waals surface area contributed by atoms with Gasteiger partial charge in [0, 0.05) is 26.2 Å². The molecule has 12 heteroatoms. The molecule has 0 heterocycles. The largest absolute Gasteiger partial charge is 0.379 e. The number of hydrogen-bond acceptors (Lipinski definition) is 8. The van der Waals surface area contributed by atoms with Gasteiger partial charge in [-0.2, -0.15) is 0 Å². The lowest BCUT2D eigenvalue weighted by Crippen LogP contribution is -2.44. The quantitative estimate of drug-likeness (QED) is 0.0950. The zero-order valence-electron chi connectivity index (χ0n) is 21.4. The summed E-state index contributed by atoms with van der Waals surface area (Å²) in [5, 5.41) is 10.5. The molecular weight excluding hydrogens is 484 g/mol. The Morgan fingerprint density at radius 1 is 0.486 bits per heavy atom. The first-order valence-corrected chi connectivity index (χ1v) is 11.7. The molecule has 0 aliphatic rings. The van der Waals surface area contributed by atoms with E-state index in [1.807, 2.05) is 0 Å². The van der Waals surface area contributed by atoms with Crippen LogP contribution in [0, 0.1) is 5.41 Å². The Labute approximate surface area is 218 Å². The minimum Gasteiger partial charge on any atom is -0.379 e. The van der Waals surface area contributed by atoms with Gasteiger partial charge in [-0.05, 0) is 24.3 Å². The highest BCUT2D eigenvalue weighted by molar-refractivity contribution is 5.87. The predicted octanol–water partition coefficient (Wildman–Crippen LogP) is -0.752. The van der Waals surface area contributed by atoms with Gasteiger partial charge in [0.05, 0.1) is 58.3 Å². The molecule has 0 saturated carbocycles. The van der Waals surface area contributed by atoms with E-state index < -0.39 is 5.41 Å². The van der Waals surface area contributed by atoms with E-state index in [-0.39, 0.29) is 103 Å². The zero-order valence-corrected chi connectivity index (χ0v) is 21.4. The van der Waals surface area contributed by atoms with Crippen LogP contribution in [-0.4, -0.2) is 103 Å². The van der Waals surface area contributed by atoms with Gasteiger partial charge in [-0.1, -0.05) is 26.3 Å². The highest BCUT2D eigenvalue weighted by Crippen LogP contribution is 2.20. The van der Waals surface area contributed by atoms with Crippen molar-refractivity contribution in [2.45, 2.75) is 0 Å². The third-order valence-electron chi connectivity index (χ3n) is 4.56. The van der Waals surface area contributed by atoms with Crippen molar-refractivity contribution in [1.29, 1.82) is 0 Å². The monoisotopic (exact) mass is 524 g/mol. The van der Waals surface area contributed by atoms with Gasteiger partial charge in [0.2, 0.25) is 23.6 Å². The maximum absolute atomic E-state index is 11.3. The first-order valence-electron chi connectivity index (χ1n) is 11.7. The summed E-state index contributed by atoms with van der Waals surface area (Å²) < 4.78 is 23.2. The van der Waals surface area contributed by atoms with Gasteiger partial charge in [-0.15, -0.1) is 0 Å². The third kappa shape index (κ3) is 18.6. The zero-order chi connectivity index (χ0) is 27.8. The van der Waals surface area contributed by atoms with Crippen molar-refractivity contribution in [3.05, 3.63) is 50.6 Å². The molecule has 0 fully saturated rings. The smallest absolute Gasteiger partial charge is 0.243 e. The van der Waals surface area contributed by atoms with E-state index in [0.717, 1.165) is 0 Å². The average molecular weight is 525 g/mol. The van der Waals surface area contributed by atoms with Gasteiger partial charge >= 0.3 is 0 Å². The van der Waals surface area contributed by atoms with Crippen LogP contribution in [0.1, 0.15) is 0 Å². The highest BCUT2D eigenvalue weighted by atomic mass is 16.5. The third-order valence-corrected chi connectivity index (χ3v) is 4.56. The van der Waals surface area contributed by atoms with E-state index in [1.165, 1.54) is 24.3 Å². The molecule has 0 saturated heterocycles. The average Bonchev–Trinajstić information content (AvgIpc) is 2.91. The summed E-state index contributed by atoms with van der Waals surface area (Å²) in [6.45, 7) is 16.2. The van der Waals surface area contributed by atoms with Crippen LogP contribution in [0.4, 0.5) is 0 Å². The Kier molecular flexibility index (Phi) is 20.0. The van der Waals surface area contributed by atoms with E-state index in [2.05, 4.69) is 47.6 Å². The molecule has 4 amide bonds. The minimum atomic E-state index is -0.768. The maximum atomic E-state index is 11.3. The van der Waals surface area contributed by atoms with E-state index in [1.54, 1.807) is 0 Å². The lowest BCUT2D eigenvalue weighted by atomic mass is 9.92. The fraction of sp³-hybridized carbons (Fsp3) is 0.520. The standard InChI is InChI=1S/C25H40N4O8/c1-5-21(30)26-9-13-34-17-25(18-35-14-10-27-22(31)6-2,19-36-15-11-28-23(32)7-3)20-37-16-12-29-24(33)8-4/h5-8H,1-4,9-20H2,(H,26,30)(H,27,31)(H,28,32)(H,29,33). The van der Waals surface area contributed by atoms with Crippen molar-refractivity contribution in [2.24, 2.45) is 5.41 Å². The Morgan fingerprint density at radius 2 is 0.703 bits per heavy atom. The van der Waals surface area contributed by atoms with Crippen molar-refractivity contribution < 1.29 is 38.1 Å². The molecule has 12 nitrogen and oxygen atoms in total. The van der Waals surface area contributed by atoms with E-state index in [4.69, 9.17) is 18.9 Å². The van der Waals surface area contributed by atoms with Crippen LogP contribution in [-0.2, 0) is 38.1 Å². The van der Waals surface area contributed by atoms with Crippen LogP contribution >= 0.6 is 0 Å². The second-order valence-electron chi connectivity index (χ2n) is 7.69. The Balaban J connectivity index is 5.11. The molecule has 0 aromatic rings. The maximum Gasteiger partial charge on any atom is 0.243 e. The summed E-state index contributed by atoms with van der Waals surface area (Å²) in [7, 11) is 0. The molecule has 0 atom stereocenters. The Bertz CT molecular complexity index is 631. The van der Waals surface area contributed by atoms with Crippen LogP contribution in [0.3, 0.4) is 0 Å². The minimum absolute atomic E-state index is 0.161. The normalized spacial score (nSPS) is 10.6. The van der Waals surface area contributed by atoms with Gasteiger partial charge in [0.1, 0.15) is 0 Å². The number of carbonyl (C=O) groups is 4. The van der Waals surface area contributed by atoms with Crippen molar-refractivity contribution in [1.82, 2.24) is 21.3 Å². The van der Waals surface area contributed by atoms with Crippen LogP contribution < -0.4 is 21.3 Å². The molecule has 0 aliphatic heterocycles. The number of nitrogens with one attached hydrogen (secondary N) is 4. The molecule has 0 spiro atoms. The second-order valence-corrected chi connectivity index (χ2v) is 7.69. The molecule has 0 aromatic heterocycles. The predicted molar refractivity (Wildman–Crippen MR) is 139 cm³/mol. The molecule has 0 radical (unpaired) electrons. The van der Waals surface area contributed by atoms with Crippen LogP contribution in [0.15, 0.2) is 50.6 Å². The molecule has 0 aliphatic carbocycles. The highest BCUT2D eigenvalue weighted by Gasteiger charge is 2.32. The van der Waals surface area contributed by atoms with Crippen LogP contribution in [0.2, 0.25) is 0 Å². The van der Waals surface area contributed by atoms with Gasteiger partial charge in [-0.25, -0.2) is 0 Å². The Hall–Kier alpha value is -3.32. The molecule has 37 heavy (non-hydrogen) atoms. The number of hydrogen-bond donors (Lipinski definition) is 4. The van der Waals surface area contributed by atoms with E-state index in [9.17, 15) is 19.2 Å². The topological polar surface area (TPSA) is 153 Å². The fourth-order valence-corrected chi connectivity index (χ4v) is 2.68. The van der Waals surface area contributed by atoms with Gasteiger partial charge < -0.3 is 40.2 Å². The molecular formula is C25H40N4O8. The van der Waals surface area contributed by atoms with Gasteiger partial charge in [0.15, 0.2) is 0 Å². The van der Waals surface area contributed by atoms with Gasteiger partial charge in [-0.3, -0.25) is 19.2 Å². The summed E-state index contributed by atoms with van der Waals surface area (Å²) in [6.07, 6.45) is 4.67. The van der Waals surface area contributed by atoms with Crippen molar-refractivity contribution in [3.8, 4) is 0 Å². The SMILES string of the molecule is C=CC(=O)NCCOCC(COCCNC(=O)C=C)(COCCNC(=O)C=C)COCCNC(=O)C=C. The van der Waals surface area contributed by atoms with E-state index in [0.29, 0.717) is 0 Å². The number of rotatable bonds is 24. The summed E-state index contributed by atoms with van der Waals surface area (Å²) in [5.74, 6) is -1.24. The van der Waals surface area contributed by atoms with Gasteiger partial charge in [0.25, 0.3) is 0 Å².